The van der Waals surface area contributed by atoms with Gasteiger partial charge in [-0.15, -0.1) is 0 Å². The van der Waals surface area contributed by atoms with Crippen LogP contribution in [0.2, 0.25) is 0 Å². The van der Waals surface area contributed by atoms with Crippen LogP contribution >= 0.6 is 0 Å². The average molecular weight is 354 g/mol. The molecule has 2 aliphatic heterocycles. The first kappa shape index (κ1) is 17.2. The largest absolute Gasteiger partial charge is 0.368 e. The fourth-order valence-electron chi connectivity index (χ4n) is 3.38. The molecule has 132 valence electrons. The molecule has 1 amide bonds. The summed E-state index contributed by atoms with van der Waals surface area (Å²) in [6.07, 6.45) is 1.65. The molecule has 0 aromatic heterocycles. The van der Waals surface area contributed by atoms with E-state index in [1.165, 1.54) is 12.1 Å². The Morgan fingerprint density at radius 3 is 2.21 bits per heavy atom. The summed E-state index contributed by atoms with van der Waals surface area (Å²) < 4.78 is 35.9. The summed E-state index contributed by atoms with van der Waals surface area (Å²) in [5, 5.41) is 0. The zero-order valence-electron chi connectivity index (χ0n) is 13.7. The van der Waals surface area contributed by atoms with E-state index < -0.39 is 9.84 Å². The molecule has 2 aliphatic rings. The Labute approximate surface area is 142 Å². The van der Waals surface area contributed by atoms with E-state index in [1.807, 2.05) is 4.90 Å². The molecule has 2 heterocycles. The monoisotopic (exact) mass is 354 g/mol. The summed E-state index contributed by atoms with van der Waals surface area (Å²) in [6.45, 7) is 2.77. The smallest absolute Gasteiger partial charge is 0.222 e. The second kappa shape index (κ2) is 7.09. The van der Waals surface area contributed by atoms with Crippen molar-refractivity contribution in [3.05, 3.63) is 30.1 Å². The van der Waals surface area contributed by atoms with Crippen molar-refractivity contribution in [2.24, 2.45) is 5.92 Å². The van der Waals surface area contributed by atoms with E-state index in [2.05, 4.69) is 4.90 Å². The maximum atomic E-state index is 13.0. The number of amides is 1. The van der Waals surface area contributed by atoms with E-state index in [0.717, 1.165) is 18.8 Å². The lowest BCUT2D eigenvalue weighted by atomic mass is 9.98. The molecule has 1 aromatic rings. The topological polar surface area (TPSA) is 57.7 Å². The van der Waals surface area contributed by atoms with Crippen LogP contribution in [-0.2, 0) is 14.6 Å². The van der Waals surface area contributed by atoms with E-state index in [4.69, 9.17) is 0 Å². The van der Waals surface area contributed by atoms with Crippen LogP contribution in [-0.4, -0.2) is 56.9 Å². The van der Waals surface area contributed by atoms with Gasteiger partial charge < -0.3 is 9.80 Å². The van der Waals surface area contributed by atoms with Crippen molar-refractivity contribution in [3.8, 4) is 0 Å². The number of sulfone groups is 1. The second-order valence-electron chi connectivity index (χ2n) is 6.64. The Morgan fingerprint density at radius 2 is 1.62 bits per heavy atom. The highest BCUT2D eigenvalue weighted by molar-refractivity contribution is 7.91. The molecule has 1 aromatic carbocycles. The van der Waals surface area contributed by atoms with E-state index in [1.54, 1.807) is 12.1 Å². The first-order chi connectivity index (χ1) is 11.4. The van der Waals surface area contributed by atoms with Gasteiger partial charge in [0, 0.05) is 38.3 Å². The molecule has 0 atom stereocenters. The predicted octanol–water partition coefficient (Wildman–Crippen LogP) is 1.69. The van der Waals surface area contributed by atoms with Crippen molar-refractivity contribution >= 4 is 21.4 Å². The van der Waals surface area contributed by atoms with Gasteiger partial charge in [0.1, 0.15) is 15.7 Å². The van der Waals surface area contributed by atoms with Gasteiger partial charge >= 0.3 is 0 Å². The number of benzene rings is 1. The van der Waals surface area contributed by atoms with Crippen molar-refractivity contribution in [1.29, 1.82) is 0 Å². The van der Waals surface area contributed by atoms with Gasteiger partial charge in [0.25, 0.3) is 0 Å². The van der Waals surface area contributed by atoms with Gasteiger partial charge in [-0.1, -0.05) is 0 Å². The number of piperazine rings is 1. The minimum Gasteiger partial charge on any atom is -0.368 e. The number of halogens is 1. The summed E-state index contributed by atoms with van der Waals surface area (Å²) in [7, 11) is -2.88. The fraction of sp³-hybridized carbons (Fsp3) is 0.588. The number of anilines is 1. The van der Waals surface area contributed by atoms with Crippen LogP contribution in [0.25, 0.3) is 0 Å². The molecule has 0 saturated carbocycles. The Bertz CT molecular complexity index is 668. The molecular weight excluding hydrogens is 331 g/mol. The van der Waals surface area contributed by atoms with E-state index in [-0.39, 0.29) is 29.1 Å². The highest BCUT2D eigenvalue weighted by atomic mass is 32.2. The molecule has 0 spiro atoms. The molecule has 0 bridgehead atoms. The molecule has 3 rings (SSSR count). The quantitative estimate of drug-likeness (QED) is 0.829. The number of hydrogen-bond donors (Lipinski definition) is 0. The van der Waals surface area contributed by atoms with Gasteiger partial charge in [-0.2, -0.15) is 0 Å². The average Bonchev–Trinajstić information content (AvgIpc) is 2.58. The lowest BCUT2D eigenvalue weighted by molar-refractivity contribution is -0.132. The zero-order chi connectivity index (χ0) is 17.2. The zero-order valence-corrected chi connectivity index (χ0v) is 14.5. The summed E-state index contributed by atoms with van der Waals surface area (Å²) >= 11 is 0. The second-order valence-corrected chi connectivity index (χ2v) is 8.95. The minimum absolute atomic E-state index is 0.123. The number of nitrogens with zero attached hydrogens (tertiary/aromatic N) is 2. The third-order valence-corrected chi connectivity index (χ3v) is 6.68. The van der Waals surface area contributed by atoms with Crippen LogP contribution in [0, 0.1) is 11.7 Å². The predicted molar refractivity (Wildman–Crippen MR) is 91.2 cm³/mol. The number of carbonyl (C=O) groups is 1. The molecular formula is C17H23FN2O3S. The molecule has 5 nitrogen and oxygen atoms in total. The molecule has 0 aliphatic carbocycles. The highest BCUT2D eigenvalue weighted by Gasteiger charge is 2.28. The normalized spacial score (nSPS) is 21.7. The van der Waals surface area contributed by atoms with Gasteiger partial charge in [0.2, 0.25) is 5.91 Å². The molecule has 24 heavy (non-hydrogen) atoms. The molecule has 0 unspecified atom stereocenters. The van der Waals surface area contributed by atoms with Crippen LogP contribution < -0.4 is 4.90 Å². The molecule has 2 saturated heterocycles. The van der Waals surface area contributed by atoms with Gasteiger partial charge in [0.15, 0.2) is 0 Å². The van der Waals surface area contributed by atoms with Crippen LogP contribution in [0.5, 0.6) is 0 Å². The van der Waals surface area contributed by atoms with Crippen molar-refractivity contribution in [3.63, 3.8) is 0 Å². The standard InChI is InChI=1S/C17H23FN2O3S/c18-15-1-3-16(4-2-15)19-7-9-20(10-8-19)17(21)13-14-5-11-24(22,23)12-6-14/h1-4,14H,5-13H2. The van der Waals surface area contributed by atoms with Gasteiger partial charge in [0.05, 0.1) is 11.5 Å². The Hall–Kier alpha value is -1.63. The number of hydrogen-bond acceptors (Lipinski definition) is 4. The van der Waals surface area contributed by atoms with Crippen molar-refractivity contribution in [2.45, 2.75) is 19.3 Å². The van der Waals surface area contributed by atoms with E-state index in [0.29, 0.717) is 32.4 Å². The maximum Gasteiger partial charge on any atom is 0.222 e. The first-order valence-corrected chi connectivity index (χ1v) is 10.2. The van der Waals surface area contributed by atoms with Crippen LogP contribution in [0.3, 0.4) is 0 Å². The molecule has 0 radical (unpaired) electrons. The lowest BCUT2D eigenvalue weighted by Gasteiger charge is -2.37. The van der Waals surface area contributed by atoms with Crippen LogP contribution in [0.1, 0.15) is 19.3 Å². The Balaban J connectivity index is 1.47. The van der Waals surface area contributed by atoms with Crippen molar-refractivity contribution in [1.82, 2.24) is 4.90 Å². The van der Waals surface area contributed by atoms with E-state index in [9.17, 15) is 17.6 Å². The van der Waals surface area contributed by atoms with Crippen LogP contribution in [0.4, 0.5) is 10.1 Å². The summed E-state index contributed by atoms with van der Waals surface area (Å²) in [5.74, 6) is 0.489. The van der Waals surface area contributed by atoms with Crippen LogP contribution in [0.15, 0.2) is 24.3 Å². The third-order valence-electron chi connectivity index (χ3n) is 4.96. The van der Waals surface area contributed by atoms with Crippen molar-refractivity contribution < 1.29 is 17.6 Å². The van der Waals surface area contributed by atoms with Crippen molar-refractivity contribution in [2.75, 3.05) is 42.6 Å². The van der Waals surface area contributed by atoms with Gasteiger partial charge in [-0.25, -0.2) is 12.8 Å². The molecule has 2 fully saturated rings. The van der Waals surface area contributed by atoms with Gasteiger partial charge in [-0.05, 0) is 43.0 Å². The summed E-state index contributed by atoms with van der Waals surface area (Å²) in [6, 6.07) is 6.42. The molecule has 7 heteroatoms. The fourth-order valence-corrected chi connectivity index (χ4v) is 4.97. The Kier molecular flexibility index (Phi) is 5.08. The minimum atomic E-state index is -2.88. The third kappa shape index (κ3) is 4.26. The van der Waals surface area contributed by atoms with Gasteiger partial charge in [-0.3, -0.25) is 4.79 Å². The summed E-state index contributed by atoms with van der Waals surface area (Å²) in [4.78, 5) is 16.4. The lowest BCUT2D eigenvalue weighted by Crippen LogP contribution is -2.49. The number of carbonyl (C=O) groups excluding carboxylic acids is 1. The number of rotatable bonds is 3. The van der Waals surface area contributed by atoms with E-state index >= 15 is 0 Å². The molecule has 0 N–H and O–H groups in total. The summed E-state index contributed by atoms with van der Waals surface area (Å²) in [5.41, 5.74) is 0.973. The Morgan fingerprint density at radius 1 is 1.04 bits per heavy atom. The maximum absolute atomic E-state index is 13.0. The SMILES string of the molecule is O=C(CC1CCS(=O)(=O)CC1)N1CCN(c2ccc(F)cc2)CC1. The first-order valence-electron chi connectivity index (χ1n) is 8.42. The highest BCUT2D eigenvalue weighted by Crippen LogP contribution is 2.23.